The van der Waals surface area contributed by atoms with Crippen LogP contribution in [0.5, 0.6) is 0 Å². The Morgan fingerprint density at radius 2 is 0.931 bits per heavy atom. The fourth-order valence-corrected chi connectivity index (χ4v) is 3.35. The van der Waals surface area contributed by atoms with Crippen molar-refractivity contribution in [2.24, 2.45) is 0 Å². The van der Waals surface area contributed by atoms with Crippen molar-refractivity contribution in [1.29, 1.82) is 0 Å². The molecule has 0 unspecified atom stereocenters. The zero-order chi connectivity index (χ0) is 22.1. The number of hydrogen-bond acceptors (Lipinski definition) is 6. The molecule has 7 heteroatoms. The number of carbonyl (C=O) groups is 2. The summed E-state index contributed by atoms with van der Waals surface area (Å²) in [6.45, 7) is 2.23. The monoisotopic (exact) mass is 418 g/mol. The van der Waals surface area contributed by atoms with Crippen LogP contribution in [0.3, 0.4) is 0 Å². The maximum absolute atomic E-state index is 11.8. The SMILES string of the molecule is CCCCCCCCCCCCCCCCC(=O)[C@@H](O)[C@H](O)[C@@H](O)[C@@H](O)C(=O)O. The van der Waals surface area contributed by atoms with Crippen molar-refractivity contribution in [2.45, 2.75) is 128 Å². The van der Waals surface area contributed by atoms with Gasteiger partial charge in [-0.25, -0.2) is 4.79 Å². The summed E-state index contributed by atoms with van der Waals surface area (Å²) in [5.41, 5.74) is 0. The molecule has 0 bridgehead atoms. The summed E-state index contributed by atoms with van der Waals surface area (Å²) in [6.07, 6.45) is 8.31. The van der Waals surface area contributed by atoms with E-state index >= 15 is 0 Å². The minimum atomic E-state index is -2.26. The lowest BCUT2D eigenvalue weighted by Crippen LogP contribution is -2.50. The van der Waals surface area contributed by atoms with E-state index in [0.29, 0.717) is 6.42 Å². The fourth-order valence-electron chi connectivity index (χ4n) is 3.35. The third kappa shape index (κ3) is 13.8. The van der Waals surface area contributed by atoms with Crippen LogP contribution in [-0.4, -0.2) is 61.7 Å². The highest BCUT2D eigenvalue weighted by Crippen LogP contribution is 2.14. The number of Topliss-reactive ketones (excluding diaryl/α,β-unsaturated/α-hetero) is 1. The Morgan fingerprint density at radius 3 is 1.31 bits per heavy atom. The van der Waals surface area contributed by atoms with Crippen LogP contribution in [0, 0.1) is 0 Å². The van der Waals surface area contributed by atoms with Crippen LogP contribution >= 0.6 is 0 Å². The van der Waals surface area contributed by atoms with E-state index in [2.05, 4.69) is 6.92 Å². The summed E-state index contributed by atoms with van der Waals surface area (Å²) in [4.78, 5) is 22.4. The Kier molecular flexibility index (Phi) is 17.2. The van der Waals surface area contributed by atoms with Gasteiger partial charge in [-0.1, -0.05) is 90.4 Å². The summed E-state index contributed by atoms with van der Waals surface area (Å²) in [5, 5.41) is 46.6. The van der Waals surface area contributed by atoms with Gasteiger partial charge in [0.25, 0.3) is 0 Å². The first-order chi connectivity index (χ1) is 13.8. The molecule has 0 saturated heterocycles. The molecule has 4 atom stereocenters. The highest BCUT2D eigenvalue weighted by molar-refractivity contribution is 5.83. The zero-order valence-corrected chi connectivity index (χ0v) is 18.0. The van der Waals surface area contributed by atoms with Gasteiger partial charge in [0.2, 0.25) is 0 Å². The predicted octanol–water partition coefficient (Wildman–Crippen LogP) is 2.96. The molecule has 0 aromatic carbocycles. The lowest BCUT2D eigenvalue weighted by atomic mass is 9.97. The maximum atomic E-state index is 11.8. The van der Waals surface area contributed by atoms with Gasteiger partial charge in [0, 0.05) is 6.42 Å². The molecule has 0 heterocycles. The number of aliphatic carboxylic acids is 1. The predicted molar refractivity (Wildman–Crippen MR) is 112 cm³/mol. The third-order valence-electron chi connectivity index (χ3n) is 5.36. The van der Waals surface area contributed by atoms with Crippen LogP contribution in [0.15, 0.2) is 0 Å². The van der Waals surface area contributed by atoms with Gasteiger partial charge < -0.3 is 25.5 Å². The third-order valence-corrected chi connectivity index (χ3v) is 5.36. The van der Waals surface area contributed by atoms with Crippen LogP contribution in [0.2, 0.25) is 0 Å². The number of carbonyl (C=O) groups excluding carboxylic acids is 1. The standard InChI is InChI=1S/C22H42O7/c1-2-3-4-5-6-7-8-9-10-11-12-13-14-15-16-17(23)18(24)19(25)20(26)21(27)22(28)29/h18-21,24-27H,2-16H2,1H3,(H,28,29)/t18-,19+,20-,21-/m1/s1. The van der Waals surface area contributed by atoms with Crippen LogP contribution in [0.1, 0.15) is 103 Å². The number of rotatable bonds is 20. The molecule has 0 aliphatic heterocycles. The Hall–Kier alpha value is -1.02. The van der Waals surface area contributed by atoms with Crippen LogP contribution in [0.4, 0.5) is 0 Å². The average molecular weight is 419 g/mol. The first-order valence-electron chi connectivity index (χ1n) is 11.3. The molecule has 0 spiro atoms. The summed E-state index contributed by atoms with van der Waals surface area (Å²) >= 11 is 0. The zero-order valence-electron chi connectivity index (χ0n) is 18.0. The first kappa shape index (κ1) is 28.0. The highest BCUT2D eigenvalue weighted by Gasteiger charge is 2.36. The quantitative estimate of drug-likeness (QED) is 0.192. The second-order valence-electron chi connectivity index (χ2n) is 8.02. The lowest BCUT2D eigenvalue weighted by molar-refractivity contribution is -0.165. The molecule has 5 N–H and O–H groups in total. The van der Waals surface area contributed by atoms with Crippen molar-refractivity contribution < 1.29 is 35.1 Å². The number of ketones is 1. The smallest absolute Gasteiger partial charge is 0.335 e. The largest absolute Gasteiger partial charge is 0.479 e. The van der Waals surface area contributed by atoms with Crippen LogP contribution in [-0.2, 0) is 9.59 Å². The Balaban J connectivity index is 3.63. The van der Waals surface area contributed by atoms with E-state index in [9.17, 15) is 30.0 Å². The Bertz CT molecular complexity index is 427. The molecule has 0 saturated carbocycles. The number of carboxylic acids is 1. The summed E-state index contributed by atoms with van der Waals surface area (Å²) < 4.78 is 0. The number of aliphatic hydroxyl groups excluding tert-OH is 4. The van der Waals surface area contributed by atoms with E-state index in [1.54, 1.807) is 0 Å². The molecule has 7 nitrogen and oxygen atoms in total. The summed E-state index contributed by atoms with van der Waals surface area (Å²) in [5.74, 6) is -2.39. The normalized spacial score (nSPS) is 15.6. The number of aliphatic hydroxyl groups is 4. The molecule has 0 radical (unpaired) electrons. The maximum Gasteiger partial charge on any atom is 0.335 e. The van der Waals surface area contributed by atoms with E-state index in [0.717, 1.165) is 19.3 Å². The number of unbranched alkanes of at least 4 members (excludes halogenated alkanes) is 13. The van der Waals surface area contributed by atoms with E-state index < -0.39 is 36.2 Å². The van der Waals surface area contributed by atoms with Crippen molar-refractivity contribution in [2.75, 3.05) is 0 Å². The van der Waals surface area contributed by atoms with E-state index in [4.69, 9.17) is 5.11 Å². The summed E-state index contributed by atoms with van der Waals surface area (Å²) in [6, 6.07) is 0. The van der Waals surface area contributed by atoms with Crippen molar-refractivity contribution in [3.05, 3.63) is 0 Å². The molecule has 29 heavy (non-hydrogen) atoms. The molecule has 0 aromatic heterocycles. The van der Waals surface area contributed by atoms with Crippen molar-refractivity contribution in [1.82, 2.24) is 0 Å². The van der Waals surface area contributed by atoms with Gasteiger partial charge in [0.05, 0.1) is 0 Å². The lowest BCUT2D eigenvalue weighted by Gasteiger charge is -2.23. The van der Waals surface area contributed by atoms with Gasteiger partial charge in [-0.15, -0.1) is 0 Å². The van der Waals surface area contributed by atoms with Gasteiger partial charge in [-0.2, -0.15) is 0 Å². The van der Waals surface area contributed by atoms with Crippen molar-refractivity contribution >= 4 is 11.8 Å². The second kappa shape index (κ2) is 17.8. The fraction of sp³-hybridized carbons (Fsp3) is 0.909. The Labute approximate surface area is 175 Å². The minimum absolute atomic E-state index is 0.0478. The van der Waals surface area contributed by atoms with Gasteiger partial charge in [-0.05, 0) is 6.42 Å². The van der Waals surface area contributed by atoms with Crippen molar-refractivity contribution in [3.8, 4) is 0 Å². The topological polar surface area (TPSA) is 135 Å². The van der Waals surface area contributed by atoms with Gasteiger partial charge in [-0.3, -0.25) is 4.79 Å². The van der Waals surface area contributed by atoms with E-state index in [1.165, 1.54) is 64.2 Å². The highest BCUT2D eigenvalue weighted by atomic mass is 16.4. The molecule has 0 rings (SSSR count). The van der Waals surface area contributed by atoms with E-state index in [-0.39, 0.29) is 6.42 Å². The minimum Gasteiger partial charge on any atom is -0.479 e. The average Bonchev–Trinajstić information content (AvgIpc) is 2.71. The molecule has 0 aliphatic carbocycles. The molecule has 0 fully saturated rings. The molecule has 172 valence electrons. The number of hydrogen-bond donors (Lipinski definition) is 5. The molecular weight excluding hydrogens is 376 g/mol. The molecule has 0 aromatic rings. The Morgan fingerprint density at radius 1 is 0.586 bits per heavy atom. The molecule has 0 aliphatic rings. The second-order valence-corrected chi connectivity index (χ2v) is 8.02. The molecular formula is C22H42O7. The van der Waals surface area contributed by atoms with E-state index in [1.807, 2.05) is 0 Å². The summed E-state index contributed by atoms with van der Waals surface area (Å²) in [7, 11) is 0. The van der Waals surface area contributed by atoms with Gasteiger partial charge in [0.1, 0.15) is 18.3 Å². The van der Waals surface area contributed by atoms with Crippen molar-refractivity contribution in [3.63, 3.8) is 0 Å². The number of carboxylic acid groups (broad SMARTS) is 1. The van der Waals surface area contributed by atoms with Crippen LogP contribution < -0.4 is 0 Å². The van der Waals surface area contributed by atoms with Crippen LogP contribution in [0.25, 0.3) is 0 Å². The molecule has 0 amide bonds. The first-order valence-corrected chi connectivity index (χ1v) is 11.3. The van der Waals surface area contributed by atoms with Gasteiger partial charge >= 0.3 is 5.97 Å². The van der Waals surface area contributed by atoms with Gasteiger partial charge in [0.15, 0.2) is 11.9 Å².